The molecule has 0 fully saturated rings. The third kappa shape index (κ3) is 2.83. The van der Waals surface area contributed by atoms with Crippen LogP contribution in [0.5, 0.6) is 0 Å². The third-order valence-electron chi connectivity index (χ3n) is 2.33. The molecule has 0 spiro atoms. The maximum absolute atomic E-state index is 5.30. The standard InChI is InChI=1S/C11H16BrN3/c1-5-8(3)13-7-10-11(12)9(6-2)14-15(10)4/h1,8,13H,6-7H2,2-4H3. The van der Waals surface area contributed by atoms with Crippen molar-refractivity contribution in [3.05, 3.63) is 15.9 Å². The van der Waals surface area contributed by atoms with Crippen molar-refractivity contribution in [3.8, 4) is 12.3 Å². The summed E-state index contributed by atoms with van der Waals surface area (Å²) in [6, 6.07) is 0.0804. The summed E-state index contributed by atoms with van der Waals surface area (Å²) in [6.45, 7) is 4.79. The molecule has 1 aromatic heterocycles. The van der Waals surface area contributed by atoms with E-state index >= 15 is 0 Å². The van der Waals surface area contributed by atoms with Gasteiger partial charge in [0, 0.05) is 13.6 Å². The summed E-state index contributed by atoms with van der Waals surface area (Å²) in [5, 5.41) is 7.65. The Morgan fingerprint density at radius 3 is 2.80 bits per heavy atom. The van der Waals surface area contributed by atoms with Crippen molar-refractivity contribution in [2.45, 2.75) is 32.9 Å². The number of hydrogen-bond acceptors (Lipinski definition) is 2. The van der Waals surface area contributed by atoms with Gasteiger partial charge in [0.15, 0.2) is 0 Å². The van der Waals surface area contributed by atoms with E-state index in [0.29, 0.717) is 0 Å². The Morgan fingerprint density at radius 1 is 1.67 bits per heavy atom. The second kappa shape index (κ2) is 5.34. The Morgan fingerprint density at radius 2 is 2.33 bits per heavy atom. The van der Waals surface area contributed by atoms with Gasteiger partial charge >= 0.3 is 0 Å². The maximum atomic E-state index is 5.30. The van der Waals surface area contributed by atoms with Crippen molar-refractivity contribution >= 4 is 15.9 Å². The molecule has 15 heavy (non-hydrogen) atoms. The minimum Gasteiger partial charge on any atom is -0.298 e. The quantitative estimate of drug-likeness (QED) is 0.846. The van der Waals surface area contributed by atoms with Gasteiger partial charge in [-0.3, -0.25) is 10.00 Å². The lowest BCUT2D eigenvalue weighted by molar-refractivity contribution is 0.598. The van der Waals surface area contributed by atoms with Crippen LogP contribution in [-0.4, -0.2) is 15.8 Å². The highest BCUT2D eigenvalue weighted by Gasteiger charge is 2.12. The number of rotatable bonds is 4. The Kier molecular flexibility index (Phi) is 4.37. The summed E-state index contributed by atoms with van der Waals surface area (Å²) >= 11 is 3.56. The van der Waals surface area contributed by atoms with Crippen molar-refractivity contribution in [3.63, 3.8) is 0 Å². The van der Waals surface area contributed by atoms with Gasteiger partial charge in [-0.15, -0.1) is 6.42 Å². The highest BCUT2D eigenvalue weighted by atomic mass is 79.9. The summed E-state index contributed by atoms with van der Waals surface area (Å²) in [7, 11) is 1.95. The average molecular weight is 270 g/mol. The third-order valence-corrected chi connectivity index (χ3v) is 3.24. The molecule has 1 N–H and O–H groups in total. The molecular weight excluding hydrogens is 254 g/mol. The first-order valence-electron chi connectivity index (χ1n) is 4.99. The summed E-state index contributed by atoms with van der Waals surface area (Å²) in [5.41, 5.74) is 2.22. The van der Waals surface area contributed by atoms with E-state index in [1.807, 2.05) is 18.7 Å². The predicted molar refractivity (Wildman–Crippen MR) is 65.4 cm³/mol. The van der Waals surface area contributed by atoms with Crippen molar-refractivity contribution in [2.24, 2.45) is 7.05 Å². The molecule has 0 aliphatic carbocycles. The molecule has 0 amide bonds. The minimum atomic E-state index is 0.0804. The Balaban J connectivity index is 2.77. The average Bonchev–Trinajstić information content (AvgIpc) is 2.51. The van der Waals surface area contributed by atoms with E-state index in [2.05, 4.69) is 39.2 Å². The van der Waals surface area contributed by atoms with Gasteiger partial charge in [-0.1, -0.05) is 12.8 Å². The SMILES string of the molecule is C#CC(C)NCc1c(Br)c(CC)nn1C. The summed E-state index contributed by atoms with van der Waals surface area (Å²) in [4.78, 5) is 0. The Bertz CT molecular complexity index is 376. The van der Waals surface area contributed by atoms with Gasteiger partial charge in [-0.05, 0) is 29.3 Å². The summed E-state index contributed by atoms with van der Waals surface area (Å²) in [5.74, 6) is 2.64. The van der Waals surface area contributed by atoms with Crippen LogP contribution >= 0.6 is 15.9 Å². The van der Waals surface area contributed by atoms with Crippen LogP contribution in [0, 0.1) is 12.3 Å². The molecule has 0 aliphatic heterocycles. The zero-order chi connectivity index (χ0) is 11.4. The van der Waals surface area contributed by atoms with E-state index in [1.165, 1.54) is 0 Å². The zero-order valence-corrected chi connectivity index (χ0v) is 10.9. The molecule has 3 nitrogen and oxygen atoms in total. The Hall–Kier alpha value is -0.790. The fourth-order valence-electron chi connectivity index (χ4n) is 1.32. The first-order valence-corrected chi connectivity index (χ1v) is 5.79. The van der Waals surface area contributed by atoms with Crippen LogP contribution < -0.4 is 5.32 Å². The molecule has 0 saturated carbocycles. The van der Waals surface area contributed by atoms with E-state index in [9.17, 15) is 0 Å². The van der Waals surface area contributed by atoms with Crippen molar-refractivity contribution in [1.82, 2.24) is 15.1 Å². The fraction of sp³-hybridized carbons (Fsp3) is 0.545. The number of hydrogen-bond donors (Lipinski definition) is 1. The lowest BCUT2D eigenvalue weighted by Gasteiger charge is -2.07. The monoisotopic (exact) mass is 269 g/mol. The van der Waals surface area contributed by atoms with Gasteiger partial charge in [0.1, 0.15) is 0 Å². The van der Waals surface area contributed by atoms with Gasteiger partial charge in [-0.2, -0.15) is 5.10 Å². The molecule has 0 aliphatic rings. The van der Waals surface area contributed by atoms with E-state index in [0.717, 1.165) is 28.8 Å². The molecule has 1 rings (SSSR count). The largest absolute Gasteiger partial charge is 0.298 e. The van der Waals surface area contributed by atoms with Crippen LogP contribution in [0.25, 0.3) is 0 Å². The molecule has 4 heteroatoms. The van der Waals surface area contributed by atoms with Crippen LogP contribution in [0.1, 0.15) is 25.2 Å². The fourth-order valence-corrected chi connectivity index (χ4v) is 2.08. The molecule has 1 unspecified atom stereocenters. The number of aryl methyl sites for hydroxylation is 2. The van der Waals surface area contributed by atoms with E-state index in [4.69, 9.17) is 6.42 Å². The van der Waals surface area contributed by atoms with Gasteiger partial charge in [0.05, 0.1) is 21.9 Å². The lowest BCUT2D eigenvalue weighted by Crippen LogP contribution is -2.24. The van der Waals surface area contributed by atoms with Crippen LogP contribution in [0.4, 0.5) is 0 Å². The highest BCUT2D eigenvalue weighted by molar-refractivity contribution is 9.10. The molecule has 0 radical (unpaired) electrons. The Labute approximate surface area is 99.4 Å². The van der Waals surface area contributed by atoms with Crippen molar-refractivity contribution < 1.29 is 0 Å². The normalized spacial score (nSPS) is 12.5. The molecule has 0 bridgehead atoms. The molecule has 1 heterocycles. The van der Waals surface area contributed by atoms with Crippen LogP contribution in [0.2, 0.25) is 0 Å². The maximum Gasteiger partial charge on any atom is 0.0767 e. The second-order valence-electron chi connectivity index (χ2n) is 3.45. The van der Waals surface area contributed by atoms with Gasteiger partial charge in [0.25, 0.3) is 0 Å². The molecule has 1 atom stereocenters. The van der Waals surface area contributed by atoms with Gasteiger partial charge in [-0.25, -0.2) is 0 Å². The minimum absolute atomic E-state index is 0.0804. The zero-order valence-electron chi connectivity index (χ0n) is 9.34. The van der Waals surface area contributed by atoms with E-state index in [-0.39, 0.29) is 6.04 Å². The number of nitrogens with one attached hydrogen (secondary N) is 1. The van der Waals surface area contributed by atoms with Crippen LogP contribution in [0.3, 0.4) is 0 Å². The van der Waals surface area contributed by atoms with Gasteiger partial charge in [0.2, 0.25) is 0 Å². The predicted octanol–water partition coefficient (Wildman–Crippen LogP) is 1.86. The molecule has 0 aromatic carbocycles. The lowest BCUT2D eigenvalue weighted by atomic mass is 10.3. The van der Waals surface area contributed by atoms with Gasteiger partial charge < -0.3 is 0 Å². The molecule has 1 aromatic rings. The number of aromatic nitrogens is 2. The number of nitrogens with zero attached hydrogens (tertiary/aromatic N) is 2. The first-order chi connectivity index (χ1) is 7.10. The molecular formula is C11H16BrN3. The van der Waals surface area contributed by atoms with Crippen molar-refractivity contribution in [2.75, 3.05) is 0 Å². The molecule has 82 valence electrons. The molecule has 0 saturated heterocycles. The number of halogens is 1. The van der Waals surface area contributed by atoms with Crippen molar-refractivity contribution in [1.29, 1.82) is 0 Å². The highest BCUT2D eigenvalue weighted by Crippen LogP contribution is 2.21. The van der Waals surface area contributed by atoms with Crippen LogP contribution in [-0.2, 0) is 20.0 Å². The summed E-state index contributed by atoms with van der Waals surface area (Å²) < 4.78 is 2.98. The topological polar surface area (TPSA) is 29.9 Å². The van der Waals surface area contributed by atoms with Crippen LogP contribution in [0.15, 0.2) is 4.47 Å². The smallest absolute Gasteiger partial charge is 0.0767 e. The first kappa shape index (κ1) is 12.3. The number of terminal acetylenes is 1. The second-order valence-corrected chi connectivity index (χ2v) is 4.25. The van der Waals surface area contributed by atoms with E-state index in [1.54, 1.807) is 0 Å². The van der Waals surface area contributed by atoms with E-state index < -0.39 is 0 Å². The summed E-state index contributed by atoms with van der Waals surface area (Å²) in [6.07, 6.45) is 6.23.